The lowest BCUT2D eigenvalue weighted by Gasteiger charge is -2.16. The van der Waals surface area contributed by atoms with Gasteiger partial charge in [-0.05, 0) is 36.4 Å². The molecule has 12 heteroatoms. The topological polar surface area (TPSA) is 91.4 Å². The van der Waals surface area contributed by atoms with E-state index in [4.69, 9.17) is 4.74 Å². The van der Waals surface area contributed by atoms with Crippen molar-refractivity contribution < 1.29 is 27.5 Å². The molecule has 0 radical (unpaired) electrons. The number of hydrogen-bond donors (Lipinski definition) is 1. The number of carbonyl (C=O) groups is 2. The molecule has 4 aromatic rings. The average Bonchev–Trinajstić information content (AvgIpc) is 3.48. The van der Waals surface area contributed by atoms with E-state index in [2.05, 4.69) is 15.0 Å². The van der Waals surface area contributed by atoms with Gasteiger partial charge in [0, 0.05) is 12.4 Å². The van der Waals surface area contributed by atoms with E-state index in [0.717, 1.165) is 21.4 Å². The fraction of sp³-hybridized carbons (Fsp3) is 0.100. The predicted molar refractivity (Wildman–Crippen MR) is 110 cm³/mol. The largest absolute Gasteiger partial charge is 0.457 e. The molecular formula is C20H12F3N5O3S. The van der Waals surface area contributed by atoms with E-state index in [0.29, 0.717) is 28.5 Å². The number of H-pyrrole nitrogens is 1. The number of carbonyl (C=O) groups excluding carboxylic acids is 2. The fourth-order valence-corrected chi connectivity index (χ4v) is 4.04. The lowest BCUT2D eigenvalue weighted by molar-refractivity contribution is -0.137. The molecule has 0 spiro atoms. The zero-order chi connectivity index (χ0) is 22.5. The van der Waals surface area contributed by atoms with Gasteiger partial charge in [0.25, 0.3) is 5.91 Å². The van der Waals surface area contributed by atoms with Gasteiger partial charge in [-0.15, -0.1) is 0 Å². The van der Waals surface area contributed by atoms with Crippen LogP contribution in [0, 0.1) is 0 Å². The number of fused-ring (bicyclic) bond motifs is 1. The normalized spacial score (nSPS) is 14.6. The van der Waals surface area contributed by atoms with Crippen LogP contribution >= 0.6 is 11.3 Å². The lowest BCUT2D eigenvalue weighted by atomic mass is 10.2. The van der Waals surface area contributed by atoms with Gasteiger partial charge in [0.2, 0.25) is 0 Å². The van der Waals surface area contributed by atoms with Crippen molar-refractivity contribution in [1.82, 2.24) is 15.0 Å². The highest BCUT2D eigenvalue weighted by molar-refractivity contribution is 7.16. The molecule has 3 aromatic heterocycles. The number of nitrogens with one attached hydrogen (secondary N) is 1. The average molecular weight is 459 g/mol. The van der Waals surface area contributed by atoms with Crippen LogP contribution in [0.5, 0.6) is 11.5 Å². The molecule has 1 N–H and O–H groups in total. The number of aromatic nitrogens is 3. The minimum absolute atomic E-state index is 0.0497. The summed E-state index contributed by atoms with van der Waals surface area (Å²) in [5.74, 6) is 0.485. The van der Waals surface area contributed by atoms with Gasteiger partial charge >= 0.3 is 12.2 Å². The van der Waals surface area contributed by atoms with Crippen molar-refractivity contribution in [3.8, 4) is 11.5 Å². The van der Waals surface area contributed by atoms with Crippen molar-refractivity contribution >= 4 is 45.0 Å². The summed E-state index contributed by atoms with van der Waals surface area (Å²) in [4.78, 5) is 37.6. The number of hydrogen-bond acceptors (Lipinski definition) is 6. The summed E-state index contributed by atoms with van der Waals surface area (Å²) in [6, 6.07) is 9.02. The summed E-state index contributed by atoms with van der Waals surface area (Å²) in [7, 11) is 0. The third kappa shape index (κ3) is 3.43. The molecule has 0 unspecified atom stereocenters. The van der Waals surface area contributed by atoms with E-state index < -0.39 is 23.1 Å². The Bertz CT molecular complexity index is 1330. The number of imide groups is 1. The van der Waals surface area contributed by atoms with E-state index in [1.165, 1.54) is 12.1 Å². The molecule has 1 saturated heterocycles. The van der Waals surface area contributed by atoms with Gasteiger partial charge in [0.1, 0.15) is 28.7 Å². The van der Waals surface area contributed by atoms with Crippen LogP contribution in [-0.2, 0) is 11.0 Å². The molecular weight excluding hydrogens is 447 g/mol. The first kappa shape index (κ1) is 20.0. The molecule has 3 amide bonds. The number of aromatic amines is 1. The number of benzene rings is 1. The summed E-state index contributed by atoms with van der Waals surface area (Å²) in [5, 5.41) is -0.341. The Labute approximate surface area is 181 Å². The van der Waals surface area contributed by atoms with Crippen molar-refractivity contribution in [2.45, 2.75) is 6.18 Å². The van der Waals surface area contributed by atoms with Crippen molar-refractivity contribution in [2.24, 2.45) is 0 Å². The number of halogens is 3. The number of pyridine rings is 1. The first-order valence-electron chi connectivity index (χ1n) is 9.19. The maximum atomic E-state index is 12.8. The maximum Gasteiger partial charge on any atom is 0.443 e. The number of urea groups is 1. The van der Waals surface area contributed by atoms with E-state index in [1.807, 2.05) is 6.07 Å². The van der Waals surface area contributed by atoms with Crippen LogP contribution in [0.4, 0.5) is 28.7 Å². The number of thiazole rings is 1. The Morgan fingerprint density at radius 2 is 1.84 bits per heavy atom. The van der Waals surface area contributed by atoms with Gasteiger partial charge in [0.05, 0.1) is 17.3 Å². The standard InChI is InChI=1S/C20H12F3N5O3S/c21-20(22,23)18-26-9-16(32-18)27-10-15(29)28(19(27)30)11-1-3-12(4-2-11)31-14-6-8-25-17-13(14)5-7-24-17/h1-9H,10H2,(H,24,25). The predicted octanol–water partition coefficient (Wildman–Crippen LogP) is 4.80. The number of nitrogens with zero attached hydrogens (tertiary/aromatic N) is 4. The Morgan fingerprint density at radius 3 is 2.56 bits per heavy atom. The molecule has 0 atom stereocenters. The highest BCUT2D eigenvalue weighted by Crippen LogP contribution is 2.38. The van der Waals surface area contributed by atoms with Gasteiger partial charge in [-0.1, -0.05) is 11.3 Å². The number of rotatable bonds is 4. The van der Waals surface area contributed by atoms with E-state index >= 15 is 0 Å². The molecule has 8 nitrogen and oxygen atoms in total. The number of alkyl halides is 3. The van der Waals surface area contributed by atoms with Crippen LogP contribution < -0.4 is 14.5 Å². The molecule has 5 rings (SSSR count). The third-order valence-electron chi connectivity index (χ3n) is 4.71. The Hall–Kier alpha value is -3.93. The quantitative estimate of drug-likeness (QED) is 0.443. The summed E-state index contributed by atoms with van der Waals surface area (Å²) in [6.45, 7) is -0.376. The molecule has 0 bridgehead atoms. The smallest absolute Gasteiger partial charge is 0.443 e. The van der Waals surface area contributed by atoms with Crippen LogP contribution in [0.15, 0.2) is 55.0 Å². The first-order chi connectivity index (χ1) is 15.3. The molecule has 1 aliphatic heterocycles. The minimum Gasteiger partial charge on any atom is -0.457 e. The van der Waals surface area contributed by atoms with Crippen molar-refractivity contribution in [3.05, 3.63) is 60.0 Å². The second kappa shape index (κ2) is 7.34. The highest BCUT2D eigenvalue weighted by atomic mass is 32.1. The van der Waals surface area contributed by atoms with Crippen molar-refractivity contribution in [1.29, 1.82) is 0 Å². The van der Waals surface area contributed by atoms with Gasteiger partial charge in [-0.25, -0.2) is 19.7 Å². The molecule has 0 saturated carbocycles. The molecule has 1 aliphatic rings. The molecule has 1 aromatic carbocycles. The zero-order valence-corrected chi connectivity index (χ0v) is 16.8. The van der Waals surface area contributed by atoms with E-state index in [1.54, 1.807) is 30.6 Å². The van der Waals surface area contributed by atoms with Crippen LogP contribution in [0.1, 0.15) is 5.01 Å². The van der Waals surface area contributed by atoms with Gasteiger partial charge in [-0.2, -0.15) is 13.2 Å². The molecule has 0 aliphatic carbocycles. The van der Waals surface area contributed by atoms with Crippen LogP contribution in [0.3, 0.4) is 0 Å². The van der Waals surface area contributed by atoms with Gasteiger partial charge in [0.15, 0.2) is 5.01 Å². The molecule has 32 heavy (non-hydrogen) atoms. The van der Waals surface area contributed by atoms with E-state index in [9.17, 15) is 22.8 Å². The first-order valence-corrected chi connectivity index (χ1v) is 10.0. The Balaban J connectivity index is 1.36. The fourth-order valence-electron chi connectivity index (χ4n) is 3.26. The van der Waals surface area contributed by atoms with Crippen LogP contribution in [0.25, 0.3) is 11.0 Å². The molecule has 162 valence electrons. The Morgan fingerprint density at radius 1 is 1.06 bits per heavy atom. The zero-order valence-electron chi connectivity index (χ0n) is 16.0. The van der Waals surface area contributed by atoms with Crippen LogP contribution in [-0.4, -0.2) is 33.4 Å². The van der Waals surface area contributed by atoms with Gasteiger partial charge < -0.3 is 9.72 Å². The highest BCUT2D eigenvalue weighted by Gasteiger charge is 2.41. The summed E-state index contributed by atoms with van der Waals surface area (Å²) in [6.07, 6.45) is -0.339. The van der Waals surface area contributed by atoms with Gasteiger partial charge in [-0.3, -0.25) is 9.69 Å². The summed E-state index contributed by atoms with van der Waals surface area (Å²) in [5.41, 5.74) is 0.946. The number of anilines is 2. The number of ether oxygens (including phenoxy) is 1. The number of amides is 3. The Kier molecular flexibility index (Phi) is 4.59. The SMILES string of the molecule is O=C1CN(c2cnc(C(F)(F)F)s2)C(=O)N1c1ccc(Oc2ccnc3[nH]ccc23)cc1. The minimum atomic E-state index is -4.62. The third-order valence-corrected chi connectivity index (χ3v) is 5.78. The summed E-state index contributed by atoms with van der Waals surface area (Å²) < 4.78 is 44.3. The maximum absolute atomic E-state index is 12.8. The molecule has 1 fully saturated rings. The van der Waals surface area contributed by atoms with Crippen molar-refractivity contribution in [2.75, 3.05) is 16.3 Å². The van der Waals surface area contributed by atoms with Crippen LogP contribution in [0.2, 0.25) is 0 Å². The van der Waals surface area contributed by atoms with E-state index in [-0.39, 0.29) is 17.2 Å². The lowest BCUT2D eigenvalue weighted by Crippen LogP contribution is -2.32. The second-order valence-corrected chi connectivity index (χ2v) is 7.75. The molecule has 4 heterocycles. The second-order valence-electron chi connectivity index (χ2n) is 6.74. The summed E-state index contributed by atoms with van der Waals surface area (Å²) >= 11 is 0.308. The van der Waals surface area contributed by atoms with Crippen molar-refractivity contribution in [3.63, 3.8) is 0 Å². The monoisotopic (exact) mass is 459 g/mol.